The summed E-state index contributed by atoms with van der Waals surface area (Å²) in [6.07, 6.45) is -1.01. The minimum absolute atomic E-state index is 0.106. The van der Waals surface area contributed by atoms with E-state index in [1.54, 1.807) is 20.8 Å². The molecule has 2 rings (SSSR count). The maximum atomic E-state index is 12.2. The number of carboxylic acid groups (broad SMARTS) is 1. The van der Waals surface area contributed by atoms with Crippen LogP contribution in [-0.4, -0.2) is 41.0 Å². The molecule has 1 saturated heterocycles. The van der Waals surface area contributed by atoms with Gasteiger partial charge in [0.05, 0.1) is 25.2 Å². The number of hydrogen-bond acceptors (Lipinski definition) is 4. The molecule has 1 fully saturated rings. The normalized spacial score (nSPS) is 20.6. The Morgan fingerprint density at radius 1 is 1.32 bits per heavy atom. The first-order valence-corrected chi connectivity index (χ1v) is 8.61. The Kier molecular flexibility index (Phi) is 5.72. The zero-order chi connectivity index (χ0) is 18.8. The van der Waals surface area contributed by atoms with Crippen molar-refractivity contribution in [3.05, 3.63) is 35.4 Å². The predicted molar refractivity (Wildman–Crippen MR) is 93.3 cm³/mol. The number of carbonyl (C=O) groups is 2. The highest BCUT2D eigenvalue weighted by Gasteiger charge is 2.44. The second-order valence-electron chi connectivity index (χ2n) is 7.07. The highest BCUT2D eigenvalue weighted by Crippen LogP contribution is 2.37. The van der Waals surface area contributed by atoms with Gasteiger partial charge >= 0.3 is 12.1 Å². The monoisotopic (exact) mass is 349 g/mol. The largest absolute Gasteiger partial charge is 0.466 e. The number of benzene rings is 1. The van der Waals surface area contributed by atoms with Gasteiger partial charge in [-0.3, -0.25) is 9.69 Å². The average Bonchev–Trinajstić information content (AvgIpc) is 2.83. The van der Waals surface area contributed by atoms with Crippen LogP contribution in [0.5, 0.6) is 0 Å². The van der Waals surface area contributed by atoms with Crippen LogP contribution in [0.15, 0.2) is 24.3 Å². The lowest BCUT2D eigenvalue weighted by Crippen LogP contribution is -2.44. The number of rotatable bonds is 5. The van der Waals surface area contributed by atoms with Gasteiger partial charge in [0.25, 0.3) is 0 Å². The number of carbonyl (C=O) groups excluding carboxylic acids is 1. The first-order chi connectivity index (χ1) is 11.7. The summed E-state index contributed by atoms with van der Waals surface area (Å²) in [6, 6.07) is 7.14. The van der Waals surface area contributed by atoms with Gasteiger partial charge in [-0.1, -0.05) is 38.1 Å². The van der Waals surface area contributed by atoms with Crippen molar-refractivity contribution in [3.63, 3.8) is 0 Å². The summed E-state index contributed by atoms with van der Waals surface area (Å²) in [5.41, 5.74) is 0.862. The van der Waals surface area contributed by atoms with Gasteiger partial charge < -0.3 is 14.6 Å². The average molecular weight is 349 g/mol. The number of hydrogen-bond donors (Lipinski definition) is 1. The fourth-order valence-corrected chi connectivity index (χ4v) is 3.36. The van der Waals surface area contributed by atoms with Crippen LogP contribution < -0.4 is 0 Å². The summed E-state index contributed by atoms with van der Waals surface area (Å²) in [4.78, 5) is 25.2. The SMILES string of the molecule is CCOC(=O)C(c1ccc([C@H]2COC(C)(C)N2C(=O)O)cc1)C(C)C. The van der Waals surface area contributed by atoms with Crippen LogP contribution in [0, 0.1) is 5.92 Å². The van der Waals surface area contributed by atoms with E-state index in [4.69, 9.17) is 9.47 Å². The molecule has 6 heteroatoms. The van der Waals surface area contributed by atoms with E-state index < -0.39 is 11.8 Å². The molecular weight excluding hydrogens is 322 g/mol. The molecule has 1 unspecified atom stereocenters. The quantitative estimate of drug-likeness (QED) is 0.819. The van der Waals surface area contributed by atoms with Crippen LogP contribution in [0.3, 0.4) is 0 Å². The number of ether oxygens (including phenoxy) is 2. The molecule has 0 bridgehead atoms. The van der Waals surface area contributed by atoms with Crippen LogP contribution in [0.25, 0.3) is 0 Å². The molecule has 0 spiro atoms. The van der Waals surface area contributed by atoms with Crippen LogP contribution in [0.1, 0.15) is 57.7 Å². The summed E-state index contributed by atoms with van der Waals surface area (Å²) < 4.78 is 10.8. The third-order valence-electron chi connectivity index (χ3n) is 4.58. The van der Waals surface area contributed by atoms with Gasteiger partial charge in [0.2, 0.25) is 0 Å². The van der Waals surface area contributed by atoms with Crippen molar-refractivity contribution in [2.24, 2.45) is 5.92 Å². The number of nitrogens with zero attached hydrogens (tertiary/aromatic N) is 1. The third kappa shape index (κ3) is 3.95. The highest BCUT2D eigenvalue weighted by atomic mass is 16.5. The molecule has 0 aromatic heterocycles. The highest BCUT2D eigenvalue weighted by molar-refractivity contribution is 5.78. The molecule has 1 aliphatic heterocycles. The van der Waals surface area contributed by atoms with E-state index in [0.29, 0.717) is 13.2 Å². The van der Waals surface area contributed by atoms with Crippen molar-refractivity contribution < 1.29 is 24.2 Å². The van der Waals surface area contributed by atoms with Crippen molar-refractivity contribution in [3.8, 4) is 0 Å². The Labute approximate surface area is 148 Å². The van der Waals surface area contributed by atoms with Gasteiger partial charge in [-0.2, -0.15) is 0 Å². The minimum atomic E-state index is -1.01. The molecule has 1 N–H and O–H groups in total. The molecule has 138 valence electrons. The first kappa shape index (κ1) is 19.2. The fourth-order valence-electron chi connectivity index (χ4n) is 3.36. The molecular formula is C19H27NO5. The lowest BCUT2D eigenvalue weighted by atomic mass is 9.87. The molecule has 1 heterocycles. The van der Waals surface area contributed by atoms with Crippen molar-refractivity contribution in [1.29, 1.82) is 0 Å². The van der Waals surface area contributed by atoms with E-state index in [9.17, 15) is 14.7 Å². The zero-order valence-corrected chi connectivity index (χ0v) is 15.5. The number of esters is 1. The lowest BCUT2D eigenvalue weighted by Gasteiger charge is -2.31. The van der Waals surface area contributed by atoms with Gasteiger partial charge in [0.15, 0.2) is 0 Å². The summed E-state index contributed by atoms with van der Waals surface area (Å²) in [5.74, 6) is -0.460. The molecule has 1 aromatic carbocycles. The minimum Gasteiger partial charge on any atom is -0.466 e. The second kappa shape index (κ2) is 7.44. The van der Waals surface area contributed by atoms with Crippen molar-refractivity contribution in [2.75, 3.05) is 13.2 Å². The van der Waals surface area contributed by atoms with E-state index in [1.807, 2.05) is 38.1 Å². The summed E-state index contributed by atoms with van der Waals surface area (Å²) in [7, 11) is 0. The van der Waals surface area contributed by atoms with E-state index in [0.717, 1.165) is 11.1 Å². The van der Waals surface area contributed by atoms with Gasteiger partial charge in [-0.25, -0.2) is 4.79 Å². The van der Waals surface area contributed by atoms with E-state index >= 15 is 0 Å². The molecule has 25 heavy (non-hydrogen) atoms. The molecule has 1 aliphatic rings. The van der Waals surface area contributed by atoms with Gasteiger partial charge in [0.1, 0.15) is 5.72 Å². The maximum absolute atomic E-state index is 12.2. The van der Waals surface area contributed by atoms with Gasteiger partial charge in [0, 0.05) is 0 Å². The van der Waals surface area contributed by atoms with E-state index in [2.05, 4.69) is 0 Å². The predicted octanol–water partition coefficient (Wildman–Crippen LogP) is 3.78. The van der Waals surface area contributed by atoms with Crippen LogP contribution in [0.2, 0.25) is 0 Å². The number of amides is 1. The molecule has 1 aromatic rings. The Bertz CT molecular complexity index is 623. The van der Waals surface area contributed by atoms with Crippen LogP contribution in [-0.2, 0) is 14.3 Å². The molecule has 0 aliphatic carbocycles. The summed E-state index contributed by atoms with van der Waals surface area (Å²) in [5, 5.41) is 9.51. The second-order valence-corrected chi connectivity index (χ2v) is 7.07. The first-order valence-electron chi connectivity index (χ1n) is 8.61. The summed E-state index contributed by atoms with van der Waals surface area (Å²) >= 11 is 0. The molecule has 0 saturated carbocycles. The van der Waals surface area contributed by atoms with Crippen LogP contribution >= 0.6 is 0 Å². The van der Waals surface area contributed by atoms with Crippen LogP contribution in [0.4, 0.5) is 4.79 Å². The smallest absolute Gasteiger partial charge is 0.410 e. The van der Waals surface area contributed by atoms with Crippen molar-refractivity contribution in [1.82, 2.24) is 4.90 Å². The molecule has 2 atom stereocenters. The zero-order valence-electron chi connectivity index (χ0n) is 15.5. The maximum Gasteiger partial charge on any atom is 0.410 e. The Morgan fingerprint density at radius 3 is 2.40 bits per heavy atom. The topological polar surface area (TPSA) is 76.1 Å². The van der Waals surface area contributed by atoms with E-state index in [1.165, 1.54) is 4.90 Å². The lowest BCUT2D eigenvalue weighted by molar-refractivity contribution is -0.146. The van der Waals surface area contributed by atoms with Crippen molar-refractivity contribution >= 4 is 12.1 Å². The van der Waals surface area contributed by atoms with Gasteiger partial charge in [-0.15, -0.1) is 0 Å². The Hall–Kier alpha value is -2.08. The molecule has 6 nitrogen and oxygen atoms in total. The van der Waals surface area contributed by atoms with Gasteiger partial charge in [-0.05, 0) is 37.8 Å². The van der Waals surface area contributed by atoms with Crippen molar-refractivity contribution in [2.45, 2.75) is 52.3 Å². The Balaban J connectivity index is 2.27. The molecule has 0 radical (unpaired) electrons. The van der Waals surface area contributed by atoms with E-state index in [-0.39, 0.29) is 23.8 Å². The third-order valence-corrected chi connectivity index (χ3v) is 4.58. The summed E-state index contributed by atoms with van der Waals surface area (Å²) in [6.45, 7) is 9.90. The molecule has 1 amide bonds. The standard InChI is InChI=1S/C19H27NO5/c1-6-24-17(21)16(12(2)3)14-9-7-13(8-10-14)15-11-25-19(4,5)20(15)18(22)23/h7-10,12,15-16H,6,11H2,1-5H3,(H,22,23)/t15-,16?/m1/s1. The Morgan fingerprint density at radius 2 is 1.92 bits per heavy atom. The fraction of sp³-hybridized carbons (Fsp3) is 0.579.